The quantitative estimate of drug-likeness (QED) is 0.845. The van der Waals surface area contributed by atoms with Gasteiger partial charge in [0.15, 0.2) is 9.84 Å². The van der Waals surface area contributed by atoms with E-state index in [1.807, 2.05) is 0 Å². The lowest BCUT2D eigenvalue weighted by atomic mass is 9.84. The Morgan fingerprint density at radius 2 is 1.89 bits per heavy atom. The summed E-state index contributed by atoms with van der Waals surface area (Å²) in [6.45, 7) is 8.16. The van der Waals surface area contributed by atoms with Crippen LogP contribution >= 0.6 is 0 Å². The maximum Gasteiger partial charge on any atom is 0.156 e. The Bertz CT molecular complexity index is 410. The van der Waals surface area contributed by atoms with Gasteiger partial charge in [-0.05, 0) is 64.7 Å². The van der Waals surface area contributed by atoms with Gasteiger partial charge in [-0.2, -0.15) is 0 Å². The van der Waals surface area contributed by atoms with Crippen LogP contribution in [0.25, 0.3) is 0 Å². The molecule has 0 aliphatic heterocycles. The van der Waals surface area contributed by atoms with Gasteiger partial charge in [-0.1, -0.05) is 6.42 Å². The van der Waals surface area contributed by atoms with Crippen LogP contribution in [0.2, 0.25) is 0 Å². The molecule has 1 N–H and O–H groups in total. The highest BCUT2D eigenvalue weighted by atomic mass is 32.2. The molecule has 0 heterocycles. The fourth-order valence-corrected chi connectivity index (χ4v) is 4.78. The smallest absolute Gasteiger partial charge is 0.156 e. The second-order valence-corrected chi connectivity index (χ2v) is 10.4. The highest BCUT2D eigenvalue weighted by Crippen LogP contribution is 2.49. The van der Waals surface area contributed by atoms with Crippen molar-refractivity contribution >= 4 is 9.84 Å². The highest BCUT2D eigenvalue weighted by Gasteiger charge is 2.41. The van der Waals surface area contributed by atoms with E-state index in [1.54, 1.807) is 20.8 Å². The minimum atomic E-state index is -2.99. The van der Waals surface area contributed by atoms with E-state index in [0.29, 0.717) is 12.6 Å². The van der Waals surface area contributed by atoms with E-state index < -0.39 is 14.6 Å². The first-order valence-corrected chi connectivity index (χ1v) is 9.31. The van der Waals surface area contributed by atoms with E-state index in [4.69, 9.17) is 0 Å². The second-order valence-electron chi connectivity index (χ2n) is 7.51. The molecule has 2 bridgehead atoms. The third-order valence-corrected chi connectivity index (χ3v) is 7.81. The van der Waals surface area contributed by atoms with E-state index in [-0.39, 0.29) is 5.75 Å². The van der Waals surface area contributed by atoms with E-state index >= 15 is 0 Å². The largest absolute Gasteiger partial charge is 0.313 e. The van der Waals surface area contributed by atoms with Gasteiger partial charge in [0.1, 0.15) is 0 Å². The van der Waals surface area contributed by atoms with Gasteiger partial charge < -0.3 is 5.32 Å². The molecule has 0 amide bonds. The van der Waals surface area contributed by atoms with Gasteiger partial charge in [0.05, 0.1) is 10.5 Å². The molecular formula is C15H29NO2S. The fourth-order valence-electron chi connectivity index (χ4n) is 3.78. The minimum Gasteiger partial charge on any atom is -0.313 e. The van der Waals surface area contributed by atoms with Gasteiger partial charge in [-0.3, -0.25) is 0 Å². The number of hydrogen-bond donors (Lipinski definition) is 1. The van der Waals surface area contributed by atoms with Gasteiger partial charge in [-0.15, -0.1) is 0 Å². The van der Waals surface area contributed by atoms with Crippen LogP contribution in [0.3, 0.4) is 0 Å². The lowest BCUT2D eigenvalue weighted by molar-refractivity contribution is 0.263. The van der Waals surface area contributed by atoms with Crippen LogP contribution in [0.4, 0.5) is 0 Å². The third kappa shape index (κ3) is 3.33. The van der Waals surface area contributed by atoms with Crippen LogP contribution in [-0.4, -0.2) is 31.5 Å². The zero-order chi connectivity index (χ0) is 14.3. The molecular weight excluding hydrogens is 258 g/mol. The molecule has 2 saturated carbocycles. The lowest BCUT2D eigenvalue weighted by Gasteiger charge is -2.29. The summed E-state index contributed by atoms with van der Waals surface area (Å²) in [7, 11) is -2.99. The monoisotopic (exact) mass is 287 g/mol. The van der Waals surface area contributed by atoms with Crippen LogP contribution in [-0.2, 0) is 9.84 Å². The molecule has 2 aliphatic carbocycles. The molecule has 0 radical (unpaired) electrons. The summed E-state index contributed by atoms with van der Waals surface area (Å²) in [5, 5.41) is 3.46. The van der Waals surface area contributed by atoms with Crippen molar-refractivity contribution in [3.63, 3.8) is 0 Å². The van der Waals surface area contributed by atoms with E-state index in [9.17, 15) is 8.42 Å². The SMILES string of the molecule is CC(NCCS(=O)(=O)C(C)(C)C)C1CC2CCC1C2. The van der Waals surface area contributed by atoms with Crippen molar-refractivity contribution in [1.29, 1.82) is 0 Å². The van der Waals surface area contributed by atoms with Gasteiger partial charge in [0.25, 0.3) is 0 Å². The van der Waals surface area contributed by atoms with Crippen LogP contribution in [0.1, 0.15) is 53.4 Å². The molecule has 2 rings (SSSR count). The summed E-state index contributed by atoms with van der Waals surface area (Å²) in [6.07, 6.45) is 5.58. The lowest BCUT2D eigenvalue weighted by Crippen LogP contribution is -2.41. The summed E-state index contributed by atoms with van der Waals surface area (Å²) >= 11 is 0. The Morgan fingerprint density at radius 1 is 1.21 bits per heavy atom. The zero-order valence-corrected chi connectivity index (χ0v) is 13.6. The Labute approximate surface area is 118 Å². The average molecular weight is 287 g/mol. The Balaban J connectivity index is 1.77. The van der Waals surface area contributed by atoms with Crippen molar-refractivity contribution in [1.82, 2.24) is 5.32 Å². The molecule has 4 heteroatoms. The normalized spacial score (nSPS) is 32.7. The van der Waals surface area contributed by atoms with E-state index in [2.05, 4.69) is 12.2 Å². The first kappa shape index (κ1) is 15.3. The minimum absolute atomic E-state index is 0.252. The molecule has 0 aromatic carbocycles. The molecule has 2 aliphatic rings. The maximum atomic E-state index is 12.0. The topological polar surface area (TPSA) is 46.2 Å². The van der Waals surface area contributed by atoms with Gasteiger partial charge in [-0.25, -0.2) is 8.42 Å². The van der Waals surface area contributed by atoms with Gasteiger partial charge in [0.2, 0.25) is 0 Å². The molecule has 112 valence electrons. The second kappa shape index (κ2) is 5.36. The van der Waals surface area contributed by atoms with E-state index in [1.165, 1.54) is 25.7 Å². The number of fused-ring (bicyclic) bond motifs is 2. The molecule has 0 aromatic rings. The molecule has 2 fully saturated rings. The third-order valence-electron chi connectivity index (χ3n) is 5.21. The Morgan fingerprint density at radius 3 is 2.37 bits per heavy atom. The molecule has 4 unspecified atom stereocenters. The summed E-state index contributed by atoms with van der Waals surface area (Å²) < 4.78 is 23.5. The van der Waals surface area contributed by atoms with Crippen molar-refractivity contribution < 1.29 is 8.42 Å². The summed E-state index contributed by atoms with van der Waals surface area (Å²) in [5.41, 5.74) is 0. The molecule has 3 nitrogen and oxygen atoms in total. The van der Waals surface area contributed by atoms with Gasteiger partial charge in [0, 0.05) is 12.6 Å². The number of hydrogen-bond acceptors (Lipinski definition) is 3. The fraction of sp³-hybridized carbons (Fsp3) is 1.00. The van der Waals surface area contributed by atoms with Crippen LogP contribution in [0, 0.1) is 17.8 Å². The molecule has 19 heavy (non-hydrogen) atoms. The Kier molecular flexibility index (Phi) is 4.32. The zero-order valence-electron chi connectivity index (χ0n) is 12.8. The van der Waals surface area contributed by atoms with Crippen LogP contribution in [0.5, 0.6) is 0 Å². The van der Waals surface area contributed by atoms with Crippen molar-refractivity contribution in [2.45, 2.75) is 64.2 Å². The molecule has 4 atom stereocenters. The number of rotatable bonds is 5. The number of nitrogens with one attached hydrogen (secondary N) is 1. The number of sulfone groups is 1. The highest BCUT2D eigenvalue weighted by molar-refractivity contribution is 7.92. The summed E-state index contributed by atoms with van der Waals surface area (Å²) in [4.78, 5) is 0. The standard InChI is InChI=1S/C15H29NO2S/c1-11(14-10-12-5-6-13(14)9-12)16-7-8-19(17,18)15(2,3)4/h11-14,16H,5-10H2,1-4H3. The molecule has 0 spiro atoms. The van der Waals surface area contributed by atoms with E-state index in [0.717, 1.165) is 17.8 Å². The van der Waals surface area contributed by atoms with Gasteiger partial charge >= 0.3 is 0 Å². The molecule has 0 aromatic heterocycles. The van der Waals surface area contributed by atoms with Crippen LogP contribution in [0.15, 0.2) is 0 Å². The summed E-state index contributed by atoms with van der Waals surface area (Å²) in [6, 6.07) is 0.463. The predicted molar refractivity (Wildman–Crippen MR) is 79.9 cm³/mol. The Hall–Kier alpha value is -0.0900. The van der Waals surface area contributed by atoms with Crippen molar-refractivity contribution in [3.05, 3.63) is 0 Å². The maximum absolute atomic E-state index is 12.0. The van der Waals surface area contributed by atoms with Crippen LogP contribution < -0.4 is 5.32 Å². The summed E-state index contributed by atoms with van der Waals surface area (Å²) in [5.74, 6) is 2.88. The van der Waals surface area contributed by atoms with Crippen molar-refractivity contribution in [3.8, 4) is 0 Å². The first-order chi connectivity index (χ1) is 8.71. The predicted octanol–water partition coefficient (Wildman–Crippen LogP) is 2.61. The average Bonchev–Trinajstić information content (AvgIpc) is 2.88. The van der Waals surface area contributed by atoms with Crippen molar-refractivity contribution in [2.24, 2.45) is 17.8 Å². The van der Waals surface area contributed by atoms with Crippen molar-refractivity contribution in [2.75, 3.05) is 12.3 Å². The first-order valence-electron chi connectivity index (χ1n) is 7.66. The molecule has 0 saturated heterocycles.